The number of aromatic nitrogens is 3. The number of nitrogens with two attached hydrogens (primary N) is 1. The van der Waals surface area contributed by atoms with Crippen molar-refractivity contribution in [3.05, 3.63) is 18.5 Å². The third-order valence-electron chi connectivity index (χ3n) is 2.94. The van der Waals surface area contributed by atoms with Crippen molar-refractivity contribution in [1.82, 2.24) is 20.1 Å². The summed E-state index contributed by atoms with van der Waals surface area (Å²) >= 11 is 0. The van der Waals surface area contributed by atoms with Crippen LogP contribution in [0.3, 0.4) is 0 Å². The molecule has 0 saturated heterocycles. The van der Waals surface area contributed by atoms with Crippen molar-refractivity contribution in [1.29, 1.82) is 0 Å². The molecule has 2 aromatic heterocycles. The molecule has 2 aromatic rings. The Balaban J connectivity index is 2.16. The van der Waals surface area contributed by atoms with Crippen LogP contribution < -0.4 is 16.4 Å². The summed E-state index contributed by atoms with van der Waals surface area (Å²) in [4.78, 5) is 26.9. The molecule has 0 aliphatic rings. The summed E-state index contributed by atoms with van der Waals surface area (Å²) in [7, 11) is 0. The predicted molar refractivity (Wildman–Crippen MR) is 78.7 cm³/mol. The molecule has 2 heterocycles. The summed E-state index contributed by atoms with van der Waals surface area (Å²) in [5, 5.41) is 10.1. The fraction of sp³-hybridized carbons (Fsp3) is 0.385. The Bertz CT molecular complexity index is 678. The van der Waals surface area contributed by atoms with E-state index < -0.39 is 12.1 Å². The molecule has 0 saturated carbocycles. The number of carbonyl (C=O) groups is 2. The van der Waals surface area contributed by atoms with Gasteiger partial charge in [-0.2, -0.15) is 5.10 Å². The van der Waals surface area contributed by atoms with Gasteiger partial charge in [0.15, 0.2) is 5.65 Å². The molecule has 0 fully saturated rings. The van der Waals surface area contributed by atoms with Crippen LogP contribution in [0.2, 0.25) is 0 Å². The average Bonchev–Trinajstić information content (AvgIpc) is 2.80. The molecule has 0 aliphatic heterocycles. The third-order valence-corrected chi connectivity index (χ3v) is 2.94. The number of anilines is 1. The van der Waals surface area contributed by atoms with Crippen molar-refractivity contribution < 1.29 is 9.59 Å². The standard InChI is InChI=1S/C13H18N6O2/c1-7(2)19-11-9(5-16-19)4-10(6-15-11)18-12(20)8(3)17-13(14)21/h4-8H,1-3H3,(H,18,20)(H3,14,17,21). The highest BCUT2D eigenvalue weighted by molar-refractivity contribution is 5.97. The average molecular weight is 290 g/mol. The monoisotopic (exact) mass is 290 g/mol. The van der Waals surface area contributed by atoms with Crippen molar-refractivity contribution in [2.45, 2.75) is 32.9 Å². The van der Waals surface area contributed by atoms with E-state index >= 15 is 0 Å². The van der Waals surface area contributed by atoms with Gasteiger partial charge in [-0.3, -0.25) is 4.79 Å². The molecule has 8 heteroatoms. The molecule has 0 aliphatic carbocycles. The Hall–Kier alpha value is -2.64. The van der Waals surface area contributed by atoms with Gasteiger partial charge in [0.25, 0.3) is 0 Å². The minimum absolute atomic E-state index is 0.204. The maximum absolute atomic E-state index is 11.9. The molecule has 0 spiro atoms. The first-order chi connectivity index (χ1) is 9.88. The molecule has 0 aromatic carbocycles. The lowest BCUT2D eigenvalue weighted by atomic mass is 10.3. The maximum Gasteiger partial charge on any atom is 0.312 e. The second kappa shape index (κ2) is 5.78. The molecule has 1 unspecified atom stereocenters. The molecular weight excluding hydrogens is 272 g/mol. The van der Waals surface area contributed by atoms with E-state index in [2.05, 4.69) is 20.7 Å². The lowest BCUT2D eigenvalue weighted by molar-refractivity contribution is -0.117. The number of rotatable bonds is 4. The molecule has 8 nitrogen and oxygen atoms in total. The van der Waals surface area contributed by atoms with Gasteiger partial charge >= 0.3 is 6.03 Å². The van der Waals surface area contributed by atoms with Crippen LogP contribution in [0.4, 0.5) is 10.5 Å². The van der Waals surface area contributed by atoms with Gasteiger partial charge in [0.2, 0.25) is 5.91 Å². The predicted octanol–water partition coefficient (Wildman–Crippen LogP) is 1.01. The van der Waals surface area contributed by atoms with E-state index in [-0.39, 0.29) is 11.9 Å². The smallest absolute Gasteiger partial charge is 0.312 e. The fourth-order valence-corrected chi connectivity index (χ4v) is 1.92. The van der Waals surface area contributed by atoms with E-state index in [4.69, 9.17) is 5.73 Å². The molecule has 21 heavy (non-hydrogen) atoms. The van der Waals surface area contributed by atoms with Gasteiger partial charge in [-0.1, -0.05) is 0 Å². The van der Waals surface area contributed by atoms with E-state index in [9.17, 15) is 9.59 Å². The topological polar surface area (TPSA) is 115 Å². The Morgan fingerprint density at radius 3 is 2.62 bits per heavy atom. The number of primary amides is 1. The zero-order valence-electron chi connectivity index (χ0n) is 12.1. The second-order valence-corrected chi connectivity index (χ2v) is 5.04. The van der Waals surface area contributed by atoms with E-state index in [1.807, 2.05) is 13.8 Å². The van der Waals surface area contributed by atoms with Gasteiger partial charge in [-0.25, -0.2) is 14.5 Å². The van der Waals surface area contributed by atoms with Crippen molar-refractivity contribution >= 4 is 28.7 Å². The first kappa shape index (κ1) is 14.8. The van der Waals surface area contributed by atoms with Gasteiger partial charge < -0.3 is 16.4 Å². The Morgan fingerprint density at radius 1 is 1.29 bits per heavy atom. The van der Waals surface area contributed by atoms with E-state index in [0.717, 1.165) is 11.0 Å². The summed E-state index contributed by atoms with van der Waals surface area (Å²) in [6, 6.07) is 0.513. The zero-order chi connectivity index (χ0) is 15.6. The van der Waals surface area contributed by atoms with Crippen LogP contribution in [0.5, 0.6) is 0 Å². The van der Waals surface area contributed by atoms with Crippen molar-refractivity contribution in [3.63, 3.8) is 0 Å². The molecule has 4 N–H and O–H groups in total. The van der Waals surface area contributed by atoms with Gasteiger partial charge in [0, 0.05) is 11.4 Å². The van der Waals surface area contributed by atoms with E-state index in [0.29, 0.717) is 5.69 Å². The molecule has 2 rings (SSSR count). The fourth-order valence-electron chi connectivity index (χ4n) is 1.92. The number of urea groups is 1. The van der Waals surface area contributed by atoms with Crippen LogP contribution in [-0.2, 0) is 4.79 Å². The summed E-state index contributed by atoms with van der Waals surface area (Å²) in [6.45, 7) is 5.57. The van der Waals surface area contributed by atoms with E-state index in [1.54, 1.807) is 30.1 Å². The largest absolute Gasteiger partial charge is 0.352 e. The van der Waals surface area contributed by atoms with Crippen molar-refractivity contribution in [2.24, 2.45) is 5.73 Å². The number of nitrogens with one attached hydrogen (secondary N) is 2. The van der Waals surface area contributed by atoms with Crippen LogP contribution in [0, 0.1) is 0 Å². The van der Waals surface area contributed by atoms with Gasteiger partial charge in [-0.05, 0) is 26.8 Å². The number of hydrogen-bond acceptors (Lipinski definition) is 4. The lowest BCUT2D eigenvalue weighted by Gasteiger charge is -2.12. The quantitative estimate of drug-likeness (QED) is 0.779. The highest BCUT2D eigenvalue weighted by Gasteiger charge is 2.15. The first-order valence-corrected chi connectivity index (χ1v) is 6.58. The molecular formula is C13H18N6O2. The molecule has 0 radical (unpaired) electrons. The zero-order valence-corrected chi connectivity index (χ0v) is 12.1. The Labute approximate surface area is 121 Å². The normalized spacial score (nSPS) is 12.4. The van der Waals surface area contributed by atoms with Crippen LogP contribution in [-0.4, -0.2) is 32.7 Å². The molecule has 112 valence electrons. The summed E-state index contributed by atoms with van der Waals surface area (Å²) in [5.74, 6) is -0.369. The summed E-state index contributed by atoms with van der Waals surface area (Å²) < 4.78 is 1.80. The molecule has 3 amide bonds. The number of nitrogens with zero attached hydrogens (tertiary/aromatic N) is 3. The number of hydrogen-bond donors (Lipinski definition) is 3. The van der Waals surface area contributed by atoms with Crippen molar-refractivity contribution in [2.75, 3.05) is 5.32 Å². The van der Waals surface area contributed by atoms with E-state index in [1.165, 1.54) is 0 Å². The first-order valence-electron chi connectivity index (χ1n) is 6.58. The van der Waals surface area contributed by atoms with Crippen LogP contribution >= 0.6 is 0 Å². The third kappa shape index (κ3) is 3.28. The lowest BCUT2D eigenvalue weighted by Crippen LogP contribution is -2.44. The van der Waals surface area contributed by atoms with Gasteiger partial charge in [0.1, 0.15) is 6.04 Å². The number of pyridine rings is 1. The van der Waals surface area contributed by atoms with Crippen LogP contribution in [0.15, 0.2) is 18.5 Å². The highest BCUT2D eigenvalue weighted by atomic mass is 16.2. The Morgan fingerprint density at radius 2 is 2.00 bits per heavy atom. The second-order valence-electron chi connectivity index (χ2n) is 5.04. The molecule has 0 bridgehead atoms. The summed E-state index contributed by atoms with van der Waals surface area (Å²) in [5.41, 5.74) is 6.27. The summed E-state index contributed by atoms with van der Waals surface area (Å²) in [6.07, 6.45) is 3.25. The number of amides is 3. The number of fused-ring (bicyclic) bond motifs is 1. The molecule has 1 atom stereocenters. The maximum atomic E-state index is 11.9. The van der Waals surface area contributed by atoms with Gasteiger partial charge in [-0.15, -0.1) is 0 Å². The van der Waals surface area contributed by atoms with Crippen molar-refractivity contribution in [3.8, 4) is 0 Å². The van der Waals surface area contributed by atoms with Crippen LogP contribution in [0.25, 0.3) is 11.0 Å². The van der Waals surface area contributed by atoms with Crippen LogP contribution in [0.1, 0.15) is 26.8 Å². The Kier molecular flexibility index (Phi) is 4.06. The minimum atomic E-state index is -0.746. The SMILES string of the molecule is CC(NC(N)=O)C(=O)Nc1cnc2c(cnn2C(C)C)c1. The number of carbonyl (C=O) groups excluding carboxylic acids is 2. The highest BCUT2D eigenvalue weighted by Crippen LogP contribution is 2.19. The van der Waals surface area contributed by atoms with Gasteiger partial charge in [0.05, 0.1) is 18.1 Å². The minimum Gasteiger partial charge on any atom is -0.352 e.